The van der Waals surface area contributed by atoms with Crippen LogP contribution in [0.2, 0.25) is 0 Å². The molecule has 1 aliphatic heterocycles. The topological polar surface area (TPSA) is 21.3 Å². The molecular weight excluding hydrogens is 186 g/mol. The molecule has 0 aromatic heterocycles. The zero-order chi connectivity index (χ0) is 10.3. The molecule has 1 unspecified atom stereocenters. The zero-order valence-electron chi connectivity index (χ0n) is 9.12. The first-order chi connectivity index (χ1) is 7.40. The second-order valence-corrected chi connectivity index (χ2v) is 4.60. The van der Waals surface area contributed by atoms with Crippen LogP contribution in [0.5, 0.6) is 5.75 Å². The van der Waals surface area contributed by atoms with E-state index >= 15 is 0 Å². The SMILES string of the molecule is COc1cccc2c1NCC2C1CCC1. The van der Waals surface area contributed by atoms with E-state index in [1.165, 1.54) is 30.5 Å². The molecule has 1 heterocycles. The van der Waals surface area contributed by atoms with Crippen molar-refractivity contribution >= 4 is 5.69 Å². The van der Waals surface area contributed by atoms with Crippen LogP contribution in [0.15, 0.2) is 18.2 Å². The second kappa shape index (κ2) is 3.44. The Bertz CT molecular complexity index is 371. The predicted molar refractivity (Wildman–Crippen MR) is 61.6 cm³/mol. The summed E-state index contributed by atoms with van der Waals surface area (Å²) in [4.78, 5) is 0. The molecule has 0 spiro atoms. The van der Waals surface area contributed by atoms with Gasteiger partial charge in [0.1, 0.15) is 5.75 Å². The lowest BCUT2D eigenvalue weighted by atomic mass is 9.74. The van der Waals surface area contributed by atoms with Crippen molar-refractivity contribution < 1.29 is 4.74 Å². The van der Waals surface area contributed by atoms with Gasteiger partial charge in [0.2, 0.25) is 0 Å². The van der Waals surface area contributed by atoms with Gasteiger partial charge in [-0.2, -0.15) is 0 Å². The Kier molecular flexibility index (Phi) is 2.08. The van der Waals surface area contributed by atoms with Crippen molar-refractivity contribution in [3.05, 3.63) is 23.8 Å². The molecule has 1 N–H and O–H groups in total. The summed E-state index contributed by atoms with van der Waals surface area (Å²) in [5, 5.41) is 3.49. The van der Waals surface area contributed by atoms with Crippen molar-refractivity contribution in [2.75, 3.05) is 19.0 Å². The highest BCUT2D eigenvalue weighted by Crippen LogP contribution is 2.47. The van der Waals surface area contributed by atoms with Crippen LogP contribution < -0.4 is 10.1 Å². The van der Waals surface area contributed by atoms with Crippen molar-refractivity contribution in [3.8, 4) is 5.75 Å². The van der Waals surface area contributed by atoms with Crippen LogP contribution >= 0.6 is 0 Å². The van der Waals surface area contributed by atoms with Crippen molar-refractivity contribution in [2.24, 2.45) is 5.92 Å². The lowest BCUT2D eigenvalue weighted by Crippen LogP contribution is -2.21. The molecule has 3 rings (SSSR count). The highest BCUT2D eigenvalue weighted by atomic mass is 16.5. The molecule has 15 heavy (non-hydrogen) atoms. The van der Waals surface area contributed by atoms with Crippen LogP contribution in [0.1, 0.15) is 30.7 Å². The number of anilines is 1. The average Bonchev–Trinajstić information content (AvgIpc) is 2.59. The van der Waals surface area contributed by atoms with Gasteiger partial charge in [0, 0.05) is 12.5 Å². The molecule has 2 heteroatoms. The maximum absolute atomic E-state index is 5.37. The molecule has 0 saturated heterocycles. The van der Waals surface area contributed by atoms with Gasteiger partial charge in [0.05, 0.1) is 12.8 Å². The van der Waals surface area contributed by atoms with E-state index in [9.17, 15) is 0 Å². The van der Waals surface area contributed by atoms with E-state index in [2.05, 4.69) is 17.4 Å². The van der Waals surface area contributed by atoms with Gasteiger partial charge < -0.3 is 10.1 Å². The highest BCUT2D eigenvalue weighted by Gasteiger charge is 2.34. The fourth-order valence-electron chi connectivity index (χ4n) is 2.80. The first-order valence-corrected chi connectivity index (χ1v) is 5.81. The molecule has 1 aliphatic carbocycles. The van der Waals surface area contributed by atoms with Gasteiger partial charge in [-0.1, -0.05) is 18.6 Å². The summed E-state index contributed by atoms with van der Waals surface area (Å²) >= 11 is 0. The molecule has 1 aromatic carbocycles. The summed E-state index contributed by atoms with van der Waals surface area (Å²) < 4.78 is 5.37. The predicted octanol–water partition coefficient (Wildman–Crippen LogP) is 3.00. The minimum atomic E-state index is 0.726. The van der Waals surface area contributed by atoms with E-state index in [4.69, 9.17) is 4.74 Å². The molecule has 2 nitrogen and oxygen atoms in total. The Morgan fingerprint density at radius 3 is 2.87 bits per heavy atom. The number of nitrogens with one attached hydrogen (secondary N) is 1. The fourth-order valence-corrected chi connectivity index (χ4v) is 2.80. The van der Waals surface area contributed by atoms with Gasteiger partial charge in [-0.05, 0) is 30.4 Å². The Hall–Kier alpha value is -1.18. The first-order valence-electron chi connectivity index (χ1n) is 5.81. The summed E-state index contributed by atoms with van der Waals surface area (Å²) in [5.74, 6) is 2.63. The average molecular weight is 203 g/mol. The number of benzene rings is 1. The van der Waals surface area contributed by atoms with E-state index in [0.29, 0.717) is 0 Å². The molecule has 1 fully saturated rings. The van der Waals surface area contributed by atoms with Gasteiger partial charge in [-0.3, -0.25) is 0 Å². The number of hydrogen-bond acceptors (Lipinski definition) is 2. The monoisotopic (exact) mass is 203 g/mol. The fraction of sp³-hybridized carbons (Fsp3) is 0.538. The van der Waals surface area contributed by atoms with Crippen LogP contribution in [-0.4, -0.2) is 13.7 Å². The van der Waals surface area contributed by atoms with E-state index in [1.807, 2.05) is 6.07 Å². The molecule has 1 atom stereocenters. The number of para-hydroxylation sites is 1. The van der Waals surface area contributed by atoms with Crippen LogP contribution in [0.25, 0.3) is 0 Å². The number of methoxy groups -OCH3 is 1. The molecule has 0 amide bonds. The Morgan fingerprint density at radius 1 is 1.33 bits per heavy atom. The van der Waals surface area contributed by atoms with Crippen LogP contribution in [-0.2, 0) is 0 Å². The van der Waals surface area contributed by atoms with Crippen molar-refractivity contribution in [3.63, 3.8) is 0 Å². The Labute approximate surface area is 90.6 Å². The summed E-state index contributed by atoms with van der Waals surface area (Å²) in [7, 11) is 1.74. The maximum atomic E-state index is 5.37. The number of fused-ring (bicyclic) bond motifs is 1. The van der Waals surface area contributed by atoms with E-state index in [0.717, 1.165) is 24.1 Å². The third-order valence-corrected chi connectivity index (χ3v) is 3.90. The van der Waals surface area contributed by atoms with Gasteiger partial charge in [0.25, 0.3) is 0 Å². The molecule has 80 valence electrons. The summed E-state index contributed by atoms with van der Waals surface area (Å²) in [6.07, 6.45) is 4.23. The van der Waals surface area contributed by atoms with E-state index in [-0.39, 0.29) is 0 Å². The largest absolute Gasteiger partial charge is 0.495 e. The minimum Gasteiger partial charge on any atom is -0.495 e. The standard InChI is InChI=1S/C13H17NO/c1-15-12-7-3-6-10-11(8-14-13(10)12)9-4-2-5-9/h3,6-7,9,11,14H,2,4-5,8H2,1H3. The van der Waals surface area contributed by atoms with Crippen molar-refractivity contribution in [1.29, 1.82) is 0 Å². The van der Waals surface area contributed by atoms with Crippen LogP contribution in [0, 0.1) is 5.92 Å². The van der Waals surface area contributed by atoms with Crippen LogP contribution in [0.4, 0.5) is 5.69 Å². The smallest absolute Gasteiger partial charge is 0.142 e. The van der Waals surface area contributed by atoms with E-state index < -0.39 is 0 Å². The molecule has 1 aromatic rings. The summed E-state index contributed by atoms with van der Waals surface area (Å²) in [5.41, 5.74) is 2.70. The zero-order valence-corrected chi connectivity index (χ0v) is 9.12. The first kappa shape index (κ1) is 9.08. The minimum absolute atomic E-state index is 0.726. The number of ether oxygens (including phenoxy) is 1. The Morgan fingerprint density at radius 2 is 2.20 bits per heavy atom. The third-order valence-electron chi connectivity index (χ3n) is 3.90. The van der Waals surface area contributed by atoms with Gasteiger partial charge in [-0.15, -0.1) is 0 Å². The number of hydrogen-bond donors (Lipinski definition) is 1. The molecule has 0 radical (unpaired) electrons. The number of rotatable bonds is 2. The van der Waals surface area contributed by atoms with E-state index in [1.54, 1.807) is 7.11 Å². The molecule has 1 saturated carbocycles. The van der Waals surface area contributed by atoms with Gasteiger partial charge in [0.15, 0.2) is 0 Å². The van der Waals surface area contributed by atoms with Gasteiger partial charge >= 0.3 is 0 Å². The van der Waals surface area contributed by atoms with Gasteiger partial charge in [-0.25, -0.2) is 0 Å². The second-order valence-electron chi connectivity index (χ2n) is 4.60. The lowest BCUT2D eigenvalue weighted by Gasteiger charge is -2.31. The van der Waals surface area contributed by atoms with Crippen LogP contribution in [0.3, 0.4) is 0 Å². The Balaban J connectivity index is 1.95. The van der Waals surface area contributed by atoms with Crippen molar-refractivity contribution in [2.45, 2.75) is 25.2 Å². The highest BCUT2D eigenvalue weighted by molar-refractivity contribution is 5.67. The third kappa shape index (κ3) is 1.31. The lowest BCUT2D eigenvalue weighted by molar-refractivity contribution is 0.272. The quantitative estimate of drug-likeness (QED) is 0.797. The molecule has 2 aliphatic rings. The normalized spacial score (nSPS) is 24.2. The van der Waals surface area contributed by atoms with Crippen molar-refractivity contribution in [1.82, 2.24) is 0 Å². The maximum Gasteiger partial charge on any atom is 0.142 e. The summed E-state index contributed by atoms with van der Waals surface area (Å²) in [6, 6.07) is 6.39. The molecule has 0 bridgehead atoms. The molecular formula is C13H17NO. The summed E-state index contributed by atoms with van der Waals surface area (Å²) in [6.45, 7) is 1.10.